The number of nitrogens with zero attached hydrogens (tertiary/aromatic N) is 1. The summed E-state index contributed by atoms with van der Waals surface area (Å²) in [6.45, 7) is 4.44. The Balaban J connectivity index is 2.53. The number of aromatic nitrogens is 1. The van der Waals surface area contributed by atoms with Crippen molar-refractivity contribution < 1.29 is 0 Å². The summed E-state index contributed by atoms with van der Waals surface area (Å²) in [5.41, 5.74) is 6.96. The zero-order valence-corrected chi connectivity index (χ0v) is 11.1. The molecule has 0 bridgehead atoms. The standard InChI is InChI=1S/C12H21N3S/c1-9(2)16-8-11(14-3)7-10-5-4-6-15-12(10)13/h4-6,9,11,14H,7-8H2,1-3H3,(H2,13,15). The number of hydrogen-bond donors (Lipinski definition) is 2. The number of hydrogen-bond acceptors (Lipinski definition) is 4. The number of nitrogens with two attached hydrogens (primary N) is 1. The van der Waals surface area contributed by atoms with Gasteiger partial charge in [0.15, 0.2) is 0 Å². The molecule has 90 valence electrons. The van der Waals surface area contributed by atoms with Crippen LogP contribution in [0.5, 0.6) is 0 Å². The van der Waals surface area contributed by atoms with E-state index in [1.807, 2.05) is 30.9 Å². The highest BCUT2D eigenvalue weighted by atomic mass is 32.2. The molecule has 1 aromatic rings. The van der Waals surface area contributed by atoms with Crippen LogP contribution < -0.4 is 11.1 Å². The fourth-order valence-corrected chi connectivity index (χ4v) is 2.34. The number of pyridine rings is 1. The summed E-state index contributed by atoms with van der Waals surface area (Å²) in [5.74, 6) is 1.75. The number of nitrogen functional groups attached to an aromatic ring is 1. The van der Waals surface area contributed by atoms with Gasteiger partial charge in [0.1, 0.15) is 5.82 Å². The zero-order chi connectivity index (χ0) is 12.0. The second-order valence-electron chi connectivity index (χ2n) is 4.12. The lowest BCUT2D eigenvalue weighted by molar-refractivity contribution is 0.616. The fourth-order valence-electron chi connectivity index (χ4n) is 1.44. The van der Waals surface area contributed by atoms with Crippen molar-refractivity contribution in [3.05, 3.63) is 23.9 Å². The monoisotopic (exact) mass is 239 g/mol. The predicted octanol–water partition coefficient (Wildman–Crippen LogP) is 1.94. The number of nitrogens with one attached hydrogen (secondary N) is 1. The highest BCUT2D eigenvalue weighted by Gasteiger charge is 2.10. The molecule has 1 atom stereocenters. The maximum Gasteiger partial charge on any atom is 0.126 e. The van der Waals surface area contributed by atoms with Crippen LogP contribution in [0.2, 0.25) is 0 Å². The molecule has 1 unspecified atom stereocenters. The van der Waals surface area contributed by atoms with Gasteiger partial charge in [-0.2, -0.15) is 11.8 Å². The molecule has 0 fully saturated rings. The lowest BCUT2D eigenvalue weighted by atomic mass is 10.1. The molecule has 1 aromatic heterocycles. The van der Waals surface area contributed by atoms with Crippen LogP contribution in [0.4, 0.5) is 5.82 Å². The van der Waals surface area contributed by atoms with E-state index < -0.39 is 0 Å². The quantitative estimate of drug-likeness (QED) is 0.796. The minimum Gasteiger partial charge on any atom is -0.383 e. The van der Waals surface area contributed by atoms with Crippen molar-refractivity contribution in [3.8, 4) is 0 Å². The second-order valence-corrected chi connectivity index (χ2v) is 5.73. The van der Waals surface area contributed by atoms with E-state index in [-0.39, 0.29) is 0 Å². The maximum absolute atomic E-state index is 5.83. The average Bonchev–Trinajstić information content (AvgIpc) is 2.26. The fraction of sp³-hybridized carbons (Fsp3) is 0.583. The van der Waals surface area contributed by atoms with Gasteiger partial charge in [-0.05, 0) is 30.3 Å². The summed E-state index contributed by atoms with van der Waals surface area (Å²) in [6.07, 6.45) is 2.67. The van der Waals surface area contributed by atoms with Crippen LogP contribution in [-0.2, 0) is 6.42 Å². The van der Waals surface area contributed by atoms with Crippen LogP contribution in [0.15, 0.2) is 18.3 Å². The molecular weight excluding hydrogens is 218 g/mol. The van der Waals surface area contributed by atoms with Crippen LogP contribution in [0.1, 0.15) is 19.4 Å². The third-order valence-corrected chi connectivity index (χ3v) is 3.69. The molecule has 0 amide bonds. The first-order chi connectivity index (χ1) is 7.63. The van der Waals surface area contributed by atoms with Crippen molar-refractivity contribution in [2.24, 2.45) is 0 Å². The molecule has 4 heteroatoms. The second kappa shape index (κ2) is 6.76. The summed E-state index contributed by atoms with van der Waals surface area (Å²) >= 11 is 1.97. The van der Waals surface area contributed by atoms with Gasteiger partial charge >= 0.3 is 0 Å². The highest BCUT2D eigenvalue weighted by molar-refractivity contribution is 7.99. The van der Waals surface area contributed by atoms with Gasteiger partial charge < -0.3 is 11.1 Å². The first-order valence-electron chi connectivity index (χ1n) is 5.61. The molecule has 3 N–H and O–H groups in total. The number of rotatable bonds is 6. The first-order valence-corrected chi connectivity index (χ1v) is 6.66. The third-order valence-electron chi connectivity index (χ3n) is 2.43. The Morgan fingerprint density at radius 1 is 1.50 bits per heavy atom. The molecule has 0 aromatic carbocycles. The molecular formula is C12H21N3S. The Kier molecular flexibility index (Phi) is 5.63. The number of thioether (sulfide) groups is 1. The molecule has 0 saturated heterocycles. The van der Waals surface area contributed by atoms with E-state index in [1.54, 1.807) is 6.20 Å². The molecule has 1 heterocycles. The summed E-state index contributed by atoms with van der Waals surface area (Å²) in [6, 6.07) is 4.44. The van der Waals surface area contributed by atoms with Gasteiger partial charge in [0, 0.05) is 18.0 Å². The smallest absolute Gasteiger partial charge is 0.126 e. The molecule has 0 aliphatic heterocycles. The van der Waals surface area contributed by atoms with E-state index in [0.29, 0.717) is 17.1 Å². The van der Waals surface area contributed by atoms with Gasteiger partial charge in [0.25, 0.3) is 0 Å². The van der Waals surface area contributed by atoms with Crippen molar-refractivity contribution in [3.63, 3.8) is 0 Å². The third kappa shape index (κ3) is 4.41. The lowest BCUT2D eigenvalue weighted by Gasteiger charge is -2.17. The topological polar surface area (TPSA) is 50.9 Å². The van der Waals surface area contributed by atoms with Crippen molar-refractivity contribution in [2.75, 3.05) is 18.5 Å². The van der Waals surface area contributed by atoms with Gasteiger partial charge in [-0.3, -0.25) is 0 Å². The van der Waals surface area contributed by atoms with Crippen molar-refractivity contribution in [1.29, 1.82) is 0 Å². The Morgan fingerprint density at radius 2 is 2.25 bits per heavy atom. The normalized spacial score (nSPS) is 13.0. The predicted molar refractivity (Wildman–Crippen MR) is 72.8 cm³/mol. The van der Waals surface area contributed by atoms with Crippen LogP contribution in [0, 0.1) is 0 Å². The Morgan fingerprint density at radius 3 is 2.81 bits per heavy atom. The van der Waals surface area contributed by atoms with Crippen LogP contribution >= 0.6 is 11.8 Å². The average molecular weight is 239 g/mol. The largest absolute Gasteiger partial charge is 0.383 e. The van der Waals surface area contributed by atoms with Gasteiger partial charge in [-0.1, -0.05) is 19.9 Å². The van der Waals surface area contributed by atoms with Crippen LogP contribution in [-0.4, -0.2) is 29.1 Å². The minimum absolute atomic E-state index is 0.457. The SMILES string of the molecule is CNC(CSC(C)C)Cc1cccnc1N. The van der Waals surface area contributed by atoms with Crippen LogP contribution in [0.3, 0.4) is 0 Å². The highest BCUT2D eigenvalue weighted by Crippen LogP contribution is 2.15. The Labute approximate surface area is 102 Å². The molecule has 0 spiro atoms. The first kappa shape index (κ1) is 13.3. The molecule has 0 radical (unpaired) electrons. The van der Waals surface area contributed by atoms with E-state index in [4.69, 9.17) is 5.73 Å². The lowest BCUT2D eigenvalue weighted by Crippen LogP contribution is -2.31. The Hall–Kier alpha value is -0.740. The van der Waals surface area contributed by atoms with E-state index in [1.165, 1.54) is 0 Å². The van der Waals surface area contributed by atoms with Gasteiger partial charge in [0.2, 0.25) is 0 Å². The minimum atomic E-state index is 0.457. The van der Waals surface area contributed by atoms with E-state index >= 15 is 0 Å². The van der Waals surface area contributed by atoms with Crippen molar-refractivity contribution >= 4 is 17.6 Å². The molecule has 16 heavy (non-hydrogen) atoms. The zero-order valence-electron chi connectivity index (χ0n) is 10.2. The summed E-state index contributed by atoms with van der Waals surface area (Å²) < 4.78 is 0. The number of likely N-dealkylation sites (N-methyl/N-ethyl adjacent to an activating group) is 1. The Bertz CT molecular complexity index is 315. The number of anilines is 1. The van der Waals surface area contributed by atoms with Gasteiger partial charge in [-0.25, -0.2) is 4.98 Å². The van der Waals surface area contributed by atoms with Gasteiger partial charge in [-0.15, -0.1) is 0 Å². The van der Waals surface area contributed by atoms with E-state index in [2.05, 4.69) is 24.1 Å². The van der Waals surface area contributed by atoms with Crippen LogP contribution in [0.25, 0.3) is 0 Å². The summed E-state index contributed by atoms with van der Waals surface area (Å²) in [4.78, 5) is 4.10. The van der Waals surface area contributed by atoms with Gasteiger partial charge in [0.05, 0.1) is 0 Å². The molecule has 0 saturated carbocycles. The van der Waals surface area contributed by atoms with Crippen molar-refractivity contribution in [1.82, 2.24) is 10.3 Å². The summed E-state index contributed by atoms with van der Waals surface area (Å²) in [5, 5.41) is 4.00. The molecule has 1 rings (SSSR count). The molecule has 3 nitrogen and oxygen atoms in total. The molecule has 0 aliphatic carbocycles. The molecule has 0 aliphatic rings. The maximum atomic E-state index is 5.83. The van der Waals surface area contributed by atoms with E-state index in [9.17, 15) is 0 Å². The van der Waals surface area contributed by atoms with E-state index in [0.717, 1.165) is 17.7 Å². The summed E-state index contributed by atoms with van der Waals surface area (Å²) in [7, 11) is 2.00. The van der Waals surface area contributed by atoms with Crippen molar-refractivity contribution in [2.45, 2.75) is 31.6 Å².